The molecule has 0 N–H and O–H groups in total. The van der Waals surface area contributed by atoms with Gasteiger partial charge in [-0.3, -0.25) is 4.79 Å². The molecule has 0 aromatic heterocycles. The SMILES string of the molecule is CCOC(=O)CCN(C)S(=O)(=O)c1ccc(OC)cc1. The van der Waals surface area contributed by atoms with E-state index in [9.17, 15) is 13.2 Å². The Morgan fingerprint density at radius 1 is 1.25 bits per heavy atom. The van der Waals surface area contributed by atoms with Crippen molar-refractivity contribution < 1.29 is 22.7 Å². The highest BCUT2D eigenvalue weighted by Gasteiger charge is 2.21. The Bertz CT molecular complexity index is 538. The van der Waals surface area contributed by atoms with E-state index in [2.05, 4.69) is 0 Å². The Kier molecular flexibility index (Phi) is 5.97. The molecule has 0 unspecified atom stereocenters. The molecule has 0 radical (unpaired) electrons. The highest BCUT2D eigenvalue weighted by atomic mass is 32.2. The molecule has 0 spiro atoms. The molecule has 0 aliphatic rings. The Morgan fingerprint density at radius 2 is 1.85 bits per heavy atom. The van der Waals surface area contributed by atoms with Crippen LogP contribution in [0.1, 0.15) is 13.3 Å². The second kappa shape index (κ2) is 7.25. The molecule has 1 aromatic carbocycles. The van der Waals surface area contributed by atoms with Crippen molar-refractivity contribution in [1.29, 1.82) is 0 Å². The first-order chi connectivity index (χ1) is 9.41. The molecule has 0 bridgehead atoms. The second-order valence-electron chi connectivity index (χ2n) is 4.06. The molecule has 1 aromatic rings. The summed E-state index contributed by atoms with van der Waals surface area (Å²) in [6, 6.07) is 6.09. The molecule has 6 nitrogen and oxygen atoms in total. The van der Waals surface area contributed by atoms with Gasteiger partial charge in [0.1, 0.15) is 5.75 Å². The Labute approximate surface area is 119 Å². The van der Waals surface area contributed by atoms with E-state index in [4.69, 9.17) is 9.47 Å². The molecule has 0 aliphatic heterocycles. The lowest BCUT2D eigenvalue weighted by Crippen LogP contribution is -2.29. The average Bonchev–Trinajstić information content (AvgIpc) is 2.45. The zero-order valence-electron chi connectivity index (χ0n) is 11.8. The molecular weight excluding hydrogens is 282 g/mol. The maximum atomic E-state index is 12.2. The Balaban J connectivity index is 2.73. The van der Waals surface area contributed by atoms with E-state index in [0.29, 0.717) is 5.75 Å². The van der Waals surface area contributed by atoms with Crippen LogP contribution in [-0.4, -0.2) is 46.0 Å². The average molecular weight is 301 g/mol. The number of hydrogen-bond donors (Lipinski definition) is 0. The molecule has 1 rings (SSSR count). The van der Waals surface area contributed by atoms with E-state index >= 15 is 0 Å². The van der Waals surface area contributed by atoms with E-state index in [1.54, 1.807) is 19.1 Å². The van der Waals surface area contributed by atoms with Gasteiger partial charge in [0, 0.05) is 13.6 Å². The molecule has 0 saturated heterocycles. The summed E-state index contributed by atoms with van der Waals surface area (Å²) < 4.78 is 35.3. The van der Waals surface area contributed by atoms with Crippen LogP contribution in [0.25, 0.3) is 0 Å². The lowest BCUT2D eigenvalue weighted by molar-refractivity contribution is -0.143. The Morgan fingerprint density at radius 3 is 2.35 bits per heavy atom. The van der Waals surface area contributed by atoms with Crippen LogP contribution in [0.15, 0.2) is 29.2 Å². The first kappa shape index (κ1) is 16.5. The normalized spacial score (nSPS) is 11.4. The van der Waals surface area contributed by atoms with Gasteiger partial charge in [0.15, 0.2) is 0 Å². The van der Waals surface area contributed by atoms with Gasteiger partial charge in [-0.05, 0) is 31.2 Å². The molecular formula is C13H19NO5S. The van der Waals surface area contributed by atoms with E-state index in [-0.39, 0.29) is 24.5 Å². The van der Waals surface area contributed by atoms with Crippen LogP contribution in [0.3, 0.4) is 0 Å². The summed E-state index contributed by atoms with van der Waals surface area (Å²) in [7, 11) is -0.666. The van der Waals surface area contributed by atoms with E-state index in [1.165, 1.54) is 26.3 Å². The summed E-state index contributed by atoms with van der Waals surface area (Å²) in [5.41, 5.74) is 0. The van der Waals surface area contributed by atoms with Crippen molar-refractivity contribution >= 4 is 16.0 Å². The summed E-state index contributed by atoms with van der Waals surface area (Å²) >= 11 is 0. The smallest absolute Gasteiger partial charge is 0.307 e. The molecule has 112 valence electrons. The number of methoxy groups -OCH3 is 1. The van der Waals surface area contributed by atoms with Gasteiger partial charge in [0.2, 0.25) is 10.0 Å². The van der Waals surface area contributed by atoms with Gasteiger partial charge in [-0.15, -0.1) is 0 Å². The maximum Gasteiger partial charge on any atom is 0.307 e. The highest BCUT2D eigenvalue weighted by Crippen LogP contribution is 2.18. The van der Waals surface area contributed by atoms with Gasteiger partial charge in [-0.25, -0.2) is 12.7 Å². The van der Waals surface area contributed by atoms with Crippen LogP contribution in [0.5, 0.6) is 5.75 Å². The molecule has 7 heteroatoms. The molecule has 0 aliphatic carbocycles. The van der Waals surface area contributed by atoms with Gasteiger partial charge >= 0.3 is 5.97 Å². The zero-order chi connectivity index (χ0) is 15.2. The van der Waals surface area contributed by atoms with E-state index in [1.807, 2.05) is 0 Å². The molecule has 0 amide bonds. The third-order valence-electron chi connectivity index (χ3n) is 2.70. The van der Waals surface area contributed by atoms with E-state index in [0.717, 1.165) is 4.31 Å². The van der Waals surface area contributed by atoms with Crippen molar-refractivity contribution in [3.05, 3.63) is 24.3 Å². The number of esters is 1. The number of hydrogen-bond acceptors (Lipinski definition) is 5. The lowest BCUT2D eigenvalue weighted by atomic mass is 10.3. The lowest BCUT2D eigenvalue weighted by Gasteiger charge is -2.16. The molecule has 0 saturated carbocycles. The minimum absolute atomic E-state index is 0.0275. The predicted octanol–water partition coefficient (Wildman–Crippen LogP) is 1.27. The van der Waals surface area contributed by atoms with E-state index < -0.39 is 16.0 Å². The number of carbonyl (C=O) groups is 1. The quantitative estimate of drug-likeness (QED) is 0.709. The summed E-state index contributed by atoms with van der Waals surface area (Å²) in [4.78, 5) is 11.4. The van der Waals surface area contributed by atoms with Crippen LogP contribution in [0.4, 0.5) is 0 Å². The van der Waals surface area contributed by atoms with Crippen molar-refractivity contribution in [3.8, 4) is 5.75 Å². The molecule has 0 atom stereocenters. The molecule has 0 heterocycles. The highest BCUT2D eigenvalue weighted by molar-refractivity contribution is 7.89. The molecule has 20 heavy (non-hydrogen) atoms. The maximum absolute atomic E-state index is 12.2. The Hall–Kier alpha value is -1.60. The zero-order valence-corrected chi connectivity index (χ0v) is 12.6. The number of nitrogens with zero attached hydrogens (tertiary/aromatic N) is 1. The fourth-order valence-corrected chi connectivity index (χ4v) is 2.70. The van der Waals surface area contributed by atoms with Gasteiger partial charge < -0.3 is 9.47 Å². The first-order valence-electron chi connectivity index (χ1n) is 6.17. The first-order valence-corrected chi connectivity index (χ1v) is 7.61. The number of rotatable bonds is 7. The summed E-state index contributed by atoms with van der Waals surface area (Å²) in [5, 5.41) is 0. The number of benzene rings is 1. The van der Waals surface area contributed by atoms with Crippen LogP contribution in [-0.2, 0) is 19.6 Å². The summed E-state index contributed by atoms with van der Waals surface area (Å²) in [5.74, 6) is 0.169. The van der Waals surface area contributed by atoms with Crippen LogP contribution in [0, 0.1) is 0 Å². The number of carbonyl (C=O) groups excluding carboxylic acids is 1. The van der Waals surface area contributed by atoms with Crippen molar-refractivity contribution in [2.45, 2.75) is 18.2 Å². The van der Waals surface area contributed by atoms with Gasteiger partial charge in [0.25, 0.3) is 0 Å². The summed E-state index contributed by atoms with van der Waals surface area (Å²) in [6.07, 6.45) is 0.0275. The van der Waals surface area contributed by atoms with Crippen molar-refractivity contribution in [2.24, 2.45) is 0 Å². The topological polar surface area (TPSA) is 72.9 Å². The van der Waals surface area contributed by atoms with Crippen LogP contribution < -0.4 is 4.74 Å². The van der Waals surface area contributed by atoms with Gasteiger partial charge in [-0.1, -0.05) is 0 Å². The predicted molar refractivity (Wildman–Crippen MR) is 74.1 cm³/mol. The minimum atomic E-state index is -3.60. The molecule has 0 fully saturated rings. The third-order valence-corrected chi connectivity index (χ3v) is 4.57. The van der Waals surface area contributed by atoms with Crippen molar-refractivity contribution in [3.63, 3.8) is 0 Å². The standard InChI is InChI=1S/C13H19NO5S/c1-4-19-13(15)9-10-14(2)20(16,17)12-7-5-11(18-3)6-8-12/h5-8H,4,9-10H2,1-3H3. The van der Waals surface area contributed by atoms with Gasteiger partial charge in [0.05, 0.1) is 25.0 Å². The van der Waals surface area contributed by atoms with Gasteiger partial charge in [-0.2, -0.15) is 0 Å². The second-order valence-corrected chi connectivity index (χ2v) is 6.10. The van der Waals surface area contributed by atoms with Crippen LogP contribution in [0.2, 0.25) is 0 Å². The third kappa shape index (κ3) is 4.21. The van der Waals surface area contributed by atoms with Crippen molar-refractivity contribution in [1.82, 2.24) is 4.31 Å². The fourth-order valence-electron chi connectivity index (χ4n) is 1.53. The van der Waals surface area contributed by atoms with Crippen molar-refractivity contribution in [2.75, 3.05) is 27.3 Å². The minimum Gasteiger partial charge on any atom is -0.497 e. The number of ether oxygens (including phenoxy) is 2. The fraction of sp³-hybridized carbons (Fsp3) is 0.462. The van der Waals surface area contributed by atoms with Crippen LogP contribution >= 0.6 is 0 Å². The largest absolute Gasteiger partial charge is 0.497 e. The number of sulfonamides is 1. The monoisotopic (exact) mass is 301 g/mol. The summed E-state index contributed by atoms with van der Waals surface area (Å²) in [6.45, 7) is 2.07.